The van der Waals surface area contributed by atoms with E-state index in [1.165, 1.54) is 38.5 Å². The van der Waals surface area contributed by atoms with Crippen molar-refractivity contribution in [3.63, 3.8) is 0 Å². The van der Waals surface area contributed by atoms with Crippen LogP contribution in [0.1, 0.15) is 64.2 Å². The summed E-state index contributed by atoms with van der Waals surface area (Å²) in [5, 5.41) is 0. The van der Waals surface area contributed by atoms with Gasteiger partial charge < -0.3 is 9.47 Å². The zero-order valence-corrected chi connectivity index (χ0v) is 12.1. The molecule has 2 saturated heterocycles. The molecule has 0 spiro atoms. The van der Waals surface area contributed by atoms with Gasteiger partial charge in [0.15, 0.2) is 26.2 Å². The largest absolute Gasteiger partial charge is 0.320 e. The number of rotatable bonds is 11. The van der Waals surface area contributed by atoms with Gasteiger partial charge in [-0.15, -0.1) is 0 Å². The minimum Gasteiger partial charge on any atom is -0.320 e. The number of ether oxygens (including phenoxy) is 2. The molecule has 0 aromatic rings. The van der Waals surface area contributed by atoms with E-state index >= 15 is 0 Å². The Kier molecular flexibility index (Phi) is 8.46. The Morgan fingerprint density at radius 1 is 0.550 bits per heavy atom. The first-order valence-electron chi connectivity index (χ1n) is 7.75. The van der Waals surface area contributed by atoms with Crippen molar-refractivity contribution < 1.29 is 29.0 Å². The van der Waals surface area contributed by atoms with Crippen molar-refractivity contribution in [3.8, 4) is 0 Å². The summed E-state index contributed by atoms with van der Waals surface area (Å²) in [5.74, 6) is 0. The van der Waals surface area contributed by atoms with E-state index in [1.54, 1.807) is 0 Å². The maximum Gasteiger partial charge on any atom is 0.194 e. The van der Waals surface area contributed by atoms with Crippen LogP contribution in [0, 0.1) is 0 Å². The second kappa shape index (κ2) is 10.5. The summed E-state index contributed by atoms with van der Waals surface area (Å²) in [6.45, 7) is 0.543. The lowest BCUT2D eigenvalue weighted by Crippen LogP contribution is -2.06. The molecule has 2 atom stereocenters. The first kappa shape index (κ1) is 16.1. The van der Waals surface area contributed by atoms with Gasteiger partial charge in [-0.1, -0.05) is 38.5 Å². The van der Waals surface area contributed by atoms with E-state index < -0.39 is 0 Å². The maximum atomic E-state index is 5.19. The summed E-state index contributed by atoms with van der Waals surface area (Å²) in [7, 11) is 0. The molecule has 0 radical (unpaired) electrons. The van der Waals surface area contributed by atoms with E-state index in [4.69, 9.17) is 19.2 Å². The summed E-state index contributed by atoms with van der Waals surface area (Å²) in [6, 6.07) is 0. The Labute approximate surface area is 120 Å². The molecule has 6 nitrogen and oxygen atoms in total. The molecule has 6 heteroatoms. The highest BCUT2D eigenvalue weighted by Crippen LogP contribution is 2.17. The molecule has 2 aliphatic heterocycles. The van der Waals surface area contributed by atoms with E-state index in [0.29, 0.717) is 0 Å². The molecule has 0 N–H and O–H groups in total. The van der Waals surface area contributed by atoms with Crippen molar-refractivity contribution in [2.75, 3.05) is 13.6 Å². The van der Waals surface area contributed by atoms with Crippen molar-refractivity contribution in [1.82, 2.24) is 0 Å². The third-order valence-corrected chi connectivity index (χ3v) is 3.58. The SMILES string of the molecule is C(CCCCCC1OCOO1)CCCCC1OCOO1. The Bertz CT molecular complexity index is 202. The predicted molar refractivity (Wildman–Crippen MR) is 70.0 cm³/mol. The van der Waals surface area contributed by atoms with Crippen LogP contribution in [0.4, 0.5) is 0 Å². The van der Waals surface area contributed by atoms with E-state index in [2.05, 4.69) is 9.78 Å². The minimum absolute atomic E-state index is 0.140. The highest BCUT2D eigenvalue weighted by atomic mass is 17.3. The van der Waals surface area contributed by atoms with E-state index in [9.17, 15) is 0 Å². The Morgan fingerprint density at radius 2 is 0.950 bits per heavy atom. The van der Waals surface area contributed by atoms with Gasteiger partial charge in [-0.05, 0) is 12.8 Å². The maximum absolute atomic E-state index is 5.19. The monoisotopic (exact) mass is 290 g/mol. The second-order valence-corrected chi connectivity index (χ2v) is 5.26. The van der Waals surface area contributed by atoms with Gasteiger partial charge in [0.25, 0.3) is 0 Å². The van der Waals surface area contributed by atoms with Crippen molar-refractivity contribution in [2.24, 2.45) is 0 Å². The normalized spacial score (nSPS) is 26.4. The fourth-order valence-corrected chi connectivity index (χ4v) is 2.42. The van der Waals surface area contributed by atoms with Gasteiger partial charge in [0, 0.05) is 12.8 Å². The second-order valence-electron chi connectivity index (χ2n) is 5.26. The average molecular weight is 290 g/mol. The Balaban J connectivity index is 1.26. The van der Waals surface area contributed by atoms with E-state index in [-0.39, 0.29) is 26.2 Å². The Hall–Kier alpha value is -0.240. The molecular weight excluding hydrogens is 264 g/mol. The fraction of sp³-hybridized carbons (Fsp3) is 1.00. The first-order chi connectivity index (χ1) is 9.95. The first-order valence-corrected chi connectivity index (χ1v) is 7.75. The van der Waals surface area contributed by atoms with Gasteiger partial charge in [0.2, 0.25) is 0 Å². The van der Waals surface area contributed by atoms with Crippen molar-refractivity contribution in [1.29, 1.82) is 0 Å². The lowest BCUT2D eigenvalue weighted by molar-refractivity contribution is -0.278. The molecule has 0 amide bonds. The number of unbranched alkanes of at least 4 members (excludes halogenated alkanes) is 7. The molecule has 0 saturated carbocycles. The third-order valence-electron chi connectivity index (χ3n) is 3.58. The summed E-state index contributed by atoms with van der Waals surface area (Å²) in [6.07, 6.45) is 11.5. The summed E-state index contributed by atoms with van der Waals surface area (Å²) in [4.78, 5) is 19.2. The smallest absolute Gasteiger partial charge is 0.194 e. The molecule has 118 valence electrons. The van der Waals surface area contributed by atoms with Crippen LogP contribution in [0.5, 0.6) is 0 Å². The van der Waals surface area contributed by atoms with Crippen molar-refractivity contribution >= 4 is 0 Å². The molecule has 0 bridgehead atoms. The molecule has 2 aliphatic rings. The number of hydrogen-bond donors (Lipinski definition) is 0. The zero-order valence-electron chi connectivity index (χ0n) is 12.1. The molecule has 2 fully saturated rings. The van der Waals surface area contributed by atoms with Crippen LogP contribution in [0.25, 0.3) is 0 Å². The predicted octanol–water partition coefficient (Wildman–Crippen LogP) is 3.41. The third kappa shape index (κ3) is 6.97. The van der Waals surface area contributed by atoms with Crippen LogP contribution >= 0.6 is 0 Å². The summed E-state index contributed by atoms with van der Waals surface area (Å²) >= 11 is 0. The van der Waals surface area contributed by atoms with Crippen molar-refractivity contribution in [2.45, 2.75) is 76.8 Å². The summed E-state index contributed by atoms with van der Waals surface area (Å²) < 4.78 is 10.4. The van der Waals surface area contributed by atoms with Crippen molar-refractivity contribution in [3.05, 3.63) is 0 Å². The van der Waals surface area contributed by atoms with Gasteiger partial charge in [-0.25, -0.2) is 19.6 Å². The lowest BCUT2D eigenvalue weighted by Gasteiger charge is -2.06. The van der Waals surface area contributed by atoms with Crippen LogP contribution in [-0.2, 0) is 29.0 Å². The highest BCUT2D eigenvalue weighted by molar-refractivity contribution is 4.51. The standard InChI is InChI=1S/C14H26O6/c1(3-5-7-9-13-15-11-17-19-13)2-4-6-8-10-14-16-12-18-20-14/h13-14H,1-12H2. The van der Waals surface area contributed by atoms with Crippen LogP contribution in [0.3, 0.4) is 0 Å². The van der Waals surface area contributed by atoms with Crippen LogP contribution in [0.15, 0.2) is 0 Å². The van der Waals surface area contributed by atoms with E-state index in [0.717, 1.165) is 25.7 Å². The Morgan fingerprint density at radius 3 is 1.30 bits per heavy atom. The quantitative estimate of drug-likeness (QED) is 0.429. The zero-order chi connectivity index (χ0) is 13.9. The minimum atomic E-state index is -0.140. The van der Waals surface area contributed by atoms with E-state index in [1.807, 2.05) is 0 Å². The molecule has 2 heterocycles. The van der Waals surface area contributed by atoms with Gasteiger partial charge in [0.1, 0.15) is 0 Å². The molecule has 20 heavy (non-hydrogen) atoms. The summed E-state index contributed by atoms with van der Waals surface area (Å²) in [5.41, 5.74) is 0. The average Bonchev–Trinajstić information content (AvgIpc) is 3.14. The van der Waals surface area contributed by atoms with Crippen LogP contribution < -0.4 is 0 Å². The molecule has 0 aromatic heterocycles. The lowest BCUT2D eigenvalue weighted by atomic mass is 10.1. The fourth-order valence-electron chi connectivity index (χ4n) is 2.42. The highest BCUT2D eigenvalue weighted by Gasteiger charge is 2.17. The van der Waals surface area contributed by atoms with Gasteiger partial charge in [-0.3, -0.25) is 0 Å². The van der Waals surface area contributed by atoms with Gasteiger partial charge in [0.05, 0.1) is 0 Å². The molecule has 0 aliphatic carbocycles. The van der Waals surface area contributed by atoms with Gasteiger partial charge >= 0.3 is 0 Å². The molecule has 2 rings (SSSR count). The molecule has 0 aromatic carbocycles. The van der Waals surface area contributed by atoms with Gasteiger partial charge in [-0.2, -0.15) is 0 Å². The molecular formula is C14H26O6. The molecule has 2 unspecified atom stereocenters. The van der Waals surface area contributed by atoms with Crippen LogP contribution in [-0.4, -0.2) is 26.2 Å². The van der Waals surface area contributed by atoms with Crippen LogP contribution in [0.2, 0.25) is 0 Å². The topological polar surface area (TPSA) is 55.4 Å². The number of hydrogen-bond acceptors (Lipinski definition) is 6.